The minimum atomic E-state index is 0.425. The Morgan fingerprint density at radius 1 is 1.28 bits per heavy atom. The highest BCUT2D eigenvalue weighted by Gasteiger charge is 2.21. The molecule has 18 heavy (non-hydrogen) atoms. The van der Waals surface area contributed by atoms with Crippen molar-refractivity contribution >= 4 is 5.69 Å². The van der Waals surface area contributed by atoms with Crippen LogP contribution in [0.3, 0.4) is 0 Å². The Bertz CT molecular complexity index is 419. The van der Waals surface area contributed by atoms with E-state index in [1.807, 2.05) is 0 Å². The summed E-state index contributed by atoms with van der Waals surface area (Å²) >= 11 is 0. The zero-order chi connectivity index (χ0) is 12.4. The third kappa shape index (κ3) is 2.52. The van der Waals surface area contributed by atoms with Crippen molar-refractivity contribution in [1.82, 2.24) is 0 Å². The van der Waals surface area contributed by atoms with Gasteiger partial charge in [-0.1, -0.05) is 13.0 Å². The fourth-order valence-electron chi connectivity index (χ4n) is 2.79. The van der Waals surface area contributed by atoms with Gasteiger partial charge in [0.05, 0.1) is 19.3 Å². The molecule has 2 atom stereocenters. The van der Waals surface area contributed by atoms with Gasteiger partial charge in [-0.3, -0.25) is 0 Å². The molecule has 3 rings (SSSR count). The van der Waals surface area contributed by atoms with E-state index in [1.54, 1.807) is 0 Å². The van der Waals surface area contributed by atoms with E-state index in [0.29, 0.717) is 12.1 Å². The molecule has 2 unspecified atom stereocenters. The SMILES string of the molecule is CCC1CC(Nc2ccc3c(c2)COC3)CCO1. The number of hydrogen-bond acceptors (Lipinski definition) is 3. The molecule has 0 saturated carbocycles. The van der Waals surface area contributed by atoms with E-state index in [4.69, 9.17) is 9.47 Å². The minimum absolute atomic E-state index is 0.425. The maximum absolute atomic E-state index is 5.71. The van der Waals surface area contributed by atoms with Crippen LogP contribution in [-0.2, 0) is 22.7 Å². The average Bonchev–Trinajstić information content (AvgIpc) is 2.86. The van der Waals surface area contributed by atoms with Gasteiger partial charge in [-0.2, -0.15) is 0 Å². The monoisotopic (exact) mass is 247 g/mol. The predicted octanol–water partition coefficient (Wildman–Crippen LogP) is 3.09. The lowest BCUT2D eigenvalue weighted by atomic mass is 10.0. The summed E-state index contributed by atoms with van der Waals surface area (Å²) in [6, 6.07) is 7.13. The molecular formula is C15H21NO2. The molecular weight excluding hydrogens is 226 g/mol. The molecule has 0 amide bonds. The topological polar surface area (TPSA) is 30.5 Å². The van der Waals surface area contributed by atoms with Crippen molar-refractivity contribution in [2.24, 2.45) is 0 Å². The van der Waals surface area contributed by atoms with E-state index >= 15 is 0 Å². The molecule has 0 bridgehead atoms. The van der Waals surface area contributed by atoms with Crippen molar-refractivity contribution in [3.05, 3.63) is 29.3 Å². The largest absolute Gasteiger partial charge is 0.382 e. The first-order valence-corrected chi connectivity index (χ1v) is 6.93. The average molecular weight is 247 g/mol. The number of rotatable bonds is 3. The standard InChI is InChI=1S/C15H21NO2/c1-2-15-8-14(5-6-18-15)16-13-4-3-11-9-17-10-12(11)7-13/h3-4,7,14-16H,2,5-6,8-10H2,1H3. The summed E-state index contributed by atoms with van der Waals surface area (Å²) in [5, 5.41) is 3.64. The van der Waals surface area contributed by atoms with Crippen molar-refractivity contribution in [1.29, 1.82) is 0 Å². The normalized spacial score (nSPS) is 26.9. The minimum Gasteiger partial charge on any atom is -0.382 e. The summed E-state index contributed by atoms with van der Waals surface area (Å²) < 4.78 is 11.2. The Kier molecular flexibility index (Phi) is 3.52. The Hall–Kier alpha value is -1.06. The summed E-state index contributed by atoms with van der Waals surface area (Å²) in [4.78, 5) is 0. The van der Waals surface area contributed by atoms with E-state index in [9.17, 15) is 0 Å². The van der Waals surface area contributed by atoms with Gasteiger partial charge in [0.15, 0.2) is 0 Å². The number of fused-ring (bicyclic) bond motifs is 1. The Balaban J connectivity index is 1.65. The van der Waals surface area contributed by atoms with Crippen LogP contribution in [-0.4, -0.2) is 18.8 Å². The van der Waals surface area contributed by atoms with Gasteiger partial charge in [0.2, 0.25) is 0 Å². The Morgan fingerprint density at radius 3 is 3.06 bits per heavy atom. The van der Waals surface area contributed by atoms with Crippen LogP contribution in [0.2, 0.25) is 0 Å². The van der Waals surface area contributed by atoms with Crippen LogP contribution < -0.4 is 5.32 Å². The zero-order valence-corrected chi connectivity index (χ0v) is 10.9. The molecule has 1 saturated heterocycles. The maximum atomic E-state index is 5.71. The highest BCUT2D eigenvalue weighted by Crippen LogP contribution is 2.25. The lowest BCUT2D eigenvalue weighted by molar-refractivity contribution is 0.00925. The fraction of sp³-hybridized carbons (Fsp3) is 0.600. The smallest absolute Gasteiger partial charge is 0.0725 e. The van der Waals surface area contributed by atoms with E-state index in [-0.39, 0.29) is 0 Å². The molecule has 1 N–H and O–H groups in total. The number of benzene rings is 1. The third-order valence-corrected chi connectivity index (χ3v) is 3.91. The van der Waals surface area contributed by atoms with Crippen molar-refractivity contribution < 1.29 is 9.47 Å². The van der Waals surface area contributed by atoms with Crippen molar-refractivity contribution in [3.63, 3.8) is 0 Å². The first kappa shape index (κ1) is 12.0. The second-order valence-electron chi connectivity index (χ2n) is 5.24. The van der Waals surface area contributed by atoms with Crippen LogP contribution in [0.4, 0.5) is 5.69 Å². The summed E-state index contributed by atoms with van der Waals surface area (Å²) in [5.41, 5.74) is 3.89. The van der Waals surface area contributed by atoms with Crippen molar-refractivity contribution in [2.75, 3.05) is 11.9 Å². The van der Waals surface area contributed by atoms with E-state index < -0.39 is 0 Å². The van der Waals surface area contributed by atoms with Crippen LogP contribution in [0.1, 0.15) is 37.3 Å². The number of hydrogen-bond donors (Lipinski definition) is 1. The summed E-state index contributed by atoms with van der Waals surface area (Å²) in [6.07, 6.45) is 3.75. The third-order valence-electron chi connectivity index (χ3n) is 3.91. The molecule has 3 nitrogen and oxygen atoms in total. The highest BCUT2D eigenvalue weighted by molar-refractivity contribution is 5.50. The molecule has 0 radical (unpaired) electrons. The zero-order valence-electron chi connectivity index (χ0n) is 10.9. The van der Waals surface area contributed by atoms with Gasteiger partial charge in [0, 0.05) is 18.3 Å². The van der Waals surface area contributed by atoms with Crippen molar-refractivity contribution in [3.8, 4) is 0 Å². The first-order valence-electron chi connectivity index (χ1n) is 6.93. The predicted molar refractivity (Wildman–Crippen MR) is 71.6 cm³/mol. The van der Waals surface area contributed by atoms with Gasteiger partial charge in [0.25, 0.3) is 0 Å². The first-order chi connectivity index (χ1) is 8.85. The summed E-state index contributed by atoms with van der Waals surface area (Å²) in [7, 11) is 0. The van der Waals surface area contributed by atoms with E-state index in [2.05, 4.69) is 30.4 Å². The van der Waals surface area contributed by atoms with E-state index in [0.717, 1.165) is 39.1 Å². The van der Waals surface area contributed by atoms with E-state index in [1.165, 1.54) is 16.8 Å². The second kappa shape index (κ2) is 5.29. The van der Waals surface area contributed by atoms with Gasteiger partial charge in [0.1, 0.15) is 0 Å². The molecule has 1 aromatic rings. The summed E-state index contributed by atoms with van der Waals surface area (Å²) in [5.74, 6) is 0. The molecule has 0 aliphatic carbocycles. The number of nitrogens with one attached hydrogen (secondary N) is 1. The molecule has 0 aromatic heterocycles. The van der Waals surface area contributed by atoms with Crippen LogP contribution in [0.15, 0.2) is 18.2 Å². The molecule has 2 aliphatic heterocycles. The van der Waals surface area contributed by atoms with Gasteiger partial charge >= 0.3 is 0 Å². The van der Waals surface area contributed by atoms with Gasteiger partial charge < -0.3 is 14.8 Å². The second-order valence-corrected chi connectivity index (χ2v) is 5.24. The Morgan fingerprint density at radius 2 is 2.17 bits per heavy atom. The number of ether oxygens (including phenoxy) is 2. The quantitative estimate of drug-likeness (QED) is 0.890. The van der Waals surface area contributed by atoms with Crippen molar-refractivity contribution in [2.45, 2.75) is 51.5 Å². The van der Waals surface area contributed by atoms with Crippen LogP contribution in [0.5, 0.6) is 0 Å². The molecule has 98 valence electrons. The molecule has 2 heterocycles. The fourth-order valence-corrected chi connectivity index (χ4v) is 2.79. The van der Waals surface area contributed by atoms with Gasteiger partial charge in [-0.05, 0) is 42.5 Å². The van der Waals surface area contributed by atoms with Crippen LogP contribution in [0, 0.1) is 0 Å². The molecule has 0 spiro atoms. The maximum Gasteiger partial charge on any atom is 0.0725 e. The lowest BCUT2D eigenvalue weighted by Crippen LogP contribution is -2.33. The molecule has 3 heteroatoms. The highest BCUT2D eigenvalue weighted by atomic mass is 16.5. The van der Waals surface area contributed by atoms with Crippen LogP contribution in [0.25, 0.3) is 0 Å². The lowest BCUT2D eigenvalue weighted by Gasteiger charge is -2.30. The molecule has 1 fully saturated rings. The molecule has 2 aliphatic rings. The Labute approximate surface area is 108 Å². The van der Waals surface area contributed by atoms with Gasteiger partial charge in [-0.15, -0.1) is 0 Å². The number of anilines is 1. The summed E-state index contributed by atoms with van der Waals surface area (Å²) in [6.45, 7) is 4.60. The van der Waals surface area contributed by atoms with Crippen LogP contribution >= 0.6 is 0 Å². The molecule has 1 aromatic carbocycles. The van der Waals surface area contributed by atoms with Gasteiger partial charge in [-0.25, -0.2) is 0 Å².